The van der Waals surface area contributed by atoms with Gasteiger partial charge in [-0.25, -0.2) is 0 Å². The van der Waals surface area contributed by atoms with Gasteiger partial charge in [-0.05, 0) is 45.7 Å². The first-order chi connectivity index (χ1) is 8.97. The summed E-state index contributed by atoms with van der Waals surface area (Å²) in [4.78, 5) is 22.8. The molecule has 0 saturated heterocycles. The maximum atomic E-state index is 11.7. The Morgan fingerprint density at radius 1 is 1.37 bits per heavy atom. The second kappa shape index (κ2) is 6.86. The Labute approximate surface area is 114 Å². The van der Waals surface area contributed by atoms with Gasteiger partial charge in [0.2, 0.25) is 11.8 Å². The number of nitrogens with two attached hydrogens (primary N) is 2. The molecular weight excluding hydrogens is 244 g/mol. The van der Waals surface area contributed by atoms with E-state index >= 15 is 0 Å². The van der Waals surface area contributed by atoms with Gasteiger partial charge in [0, 0.05) is 0 Å². The van der Waals surface area contributed by atoms with E-state index in [2.05, 4.69) is 10.6 Å². The van der Waals surface area contributed by atoms with Gasteiger partial charge in [0.05, 0.1) is 6.04 Å². The molecule has 0 radical (unpaired) electrons. The van der Waals surface area contributed by atoms with Gasteiger partial charge in [0.1, 0.15) is 5.54 Å². The lowest BCUT2D eigenvalue weighted by Crippen LogP contribution is -2.56. The first-order valence-electron chi connectivity index (χ1n) is 6.93. The quantitative estimate of drug-likeness (QED) is 0.475. The van der Waals surface area contributed by atoms with Crippen molar-refractivity contribution in [3.8, 4) is 0 Å². The Kier molecular flexibility index (Phi) is 5.75. The summed E-state index contributed by atoms with van der Waals surface area (Å²) in [5.41, 5.74) is 10.3. The number of carbonyl (C=O) groups is 2. The molecule has 1 saturated carbocycles. The summed E-state index contributed by atoms with van der Waals surface area (Å²) >= 11 is 0. The van der Waals surface area contributed by atoms with Crippen molar-refractivity contribution < 1.29 is 9.59 Å². The zero-order chi connectivity index (χ0) is 14.5. The maximum Gasteiger partial charge on any atom is 0.238 e. The van der Waals surface area contributed by atoms with Crippen LogP contribution in [0.2, 0.25) is 0 Å². The third kappa shape index (κ3) is 3.45. The summed E-state index contributed by atoms with van der Waals surface area (Å²) in [6.45, 7) is 0. The van der Waals surface area contributed by atoms with E-state index in [1.807, 2.05) is 0 Å². The molecule has 0 bridgehead atoms. The van der Waals surface area contributed by atoms with Crippen molar-refractivity contribution in [2.24, 2.45) is 17.4 Å². The van der Waals surface area contributed by atoms with Crippen LogP contribution in [0.25, 0.3) is 0 Å². The van der Waals surface area contributed by atoms with Gasteiger partial charge >= 0.3 is 0 Å². The molecule has 6 heteroatoms. The topological polar surface area (TPSA) is 110 Å². The molecule has 3 unspecified atom stereocenters. The molecule has 110 valence electrons. The molecule has 0 spiro atoms. The lowest BCUT2D eigenvalue weighted by molar-refractivity contribution is -0.126. The van der Waals surface area contributed by atoms with E-state index in [0.717, 1.165) is 32.1 Å². The van der Waals surface area contributed by atoms with Crippen molar-refractivity contribution in [2.75, 3.05) is 14.1 Å². The van der Waals surface area contributed by atoms with E-state index in [9.17, 15) is 9.59 Å². The Hall–Kier alpha value is -1.14. The van der Waals surface area contributed by atoms with E-state index in [-0.39, 0.29) is 23.8 Å². The summed E-state index contributed by atoms with van der Waals surface area (Å²) < 4.78 is 0. The van der Waals surface area contributed by atoms with Crippen molar-refractivity contribution in [3.63, 3.8) is 0 Å². The van der Waals surface area contributed by atoms with Crippen LogP contribution >= 0.6 is 0 Å². The van der Waals surface area contributed by atoms with Crippen LogP contribution in [0.5, 0.6) is 0 Å². The largest absolute Gasteiger partial charge is 0.368 e. The molecule has 2 amide bonds. The third-order valence-corrected chi connectivity index (χ3v) is 4.44. The number of amides is 2. The number of hydrogen-bond donors (Lipinski definition) is 4. The van der Waals surface area contributed by atoms with Crippen LogP contribution in [0.15, 0.2) is 0 Å². The Morgan fingerprint density at radius 3 is 2.53 bits per heavy atom. The fourth-order valence-electron chi connectivity index (χ4n) is 3.24. The molecule has 1 rings (SSSR count). The van der Waals surface area contributed by atoms with Crippen LogP contribution in [0, 0.1) is 5.92 Å². The van der Waals surface area contributed by atoms with Gasteiger partial charge < -0.3 is 22.1 Å². The third-order valence-electron chi connectivity index (χ3n) is 4.44. The zero-order valence-electron chi connectivity index (χ0n) is 11.9. The SMILES string of the molecule is CNC(CCCC1CCCC1(NC)C(N)=O)C(N)=O. The Balaban J connectivity index is 2.52. The molecular formula is C13H26N4O2. The minimum atomic E-state index is -0.568. The number of nitrogens with one attached hydrogen (secondary N) is 2. The predicted molar refractivity (Wildman–Crippen MR) is 74.2 cm³/mol. The van der Waals surface area contributed by atoms with Crippen molar-refractivity contribution in [1.82, 2.24) is 10.6 Å². The summed E-state index contributed by atoms with van der Waals surface area (Å²) in [6.07, 6.45) is 5.25. The predicted octanol–water partition coefficient (Wildman–Crippen LogP) is -0.526. The van der Waals surface area contributed by atoms with Gasteiger partial charge in [-0.3, -0.25) is 9.59 Å². The maximum absolute atomic E-state index is 11.7. The van der Waals surface area contributed by atoms with Gasteiger partial charge in [-0.1, -0.05) is 12.8 Å². The number of likely N-dealkylation sites (N-methyl/N-ethyl adjacent to an activating group) is 2. The van der Waals surface area contributed by atoms with Gasteiger partial charge in [-0.15, -0.1) is 0 Å². The first kappa shape index (κ1) is 15.9. The molecule has 1 aliphatic carbocycles. The van der Waals surface area contributed by atoms with Crippen LogP contribution < -0.4 is 22.1 Å². The van der Waals surface area contributed by atoms with E-state index in [4.69, 9.17) is 11.5 Å². The van der Waals surface area contributed by atoms with E-state index in [0.29, 0.717) is 6.42 Å². The monoisotopic (exact) mass is 270 g/mol. The number of primary amides is 2. The first-order valence-corrected chi connectivity index (χ1v) is 6.93. The van der Waals surface area contributed by atoms with Crippen LogP contribution in [0.3, 0.4) is 0 Å². The summed E-state index contributed by atoms with van der Waals surface area (Å²) in [6, 6.07) is -0.293. The molecule has 0 aliphatic heterocycles. The highest BCUT2D eigenvalue weighted by atomic mass is 16.2. The average Bonchev–Trinajstić information content (AvgIpc) is 2.78. The van der Waals surface area contributed by atoms with Crippen LogP contribution in [0.1, 0.15) is 38.5 Å². The normalized spacial score (nSPS) is 28.2. The minimum absolute atomic E-state index is 0.250. The molecule has 1 fully saturated rings. The van der Waals surface area contributed by atoms with Gasteiger partial charge in [0.15, 0.2) is 0 Å². The average molecular weight is 270 g/mol. The van der Waals surface area contributed by atoms with E-state index < -0.39 is 5.54 Å². The second-order valence-electron chi connectivity index (χ2n) is 5.35. The van der Waals surface area contributed by atoms with Crippen molar-refractivity contribution in [3.05, 3.63) is 0 Å². The van der Waals surface area contributed by atoms with Crippen molar-refractivity contribution in [1.29, 1.82) is 0 Å². The zero-order valence-corrected chi connectivity index (χ0v) is 11.9. The molecule has 19 heavy (non-hydrogen) atoms. The summed E-state index contributed by atoms with van der Waals surface area (Å²) in [7, 11) is 3.52. The summed E-state index contributed by atoms with van der Waals surface area (Å²) in [5.74, 6) is -0.346. The molecule has 3 atom stereocenters. The Bertz CT molecular complexity index is 335. The molecule has 6 nitrogen and oxygen atoms in total. The second-order valence-corrected chi connectivity index (χ2v) is 5.35. The fourth-order valence-corrected chi connectivity index (χ4v) is 3.24. The molecule has 1 aliphatic rings. The van der Waals surface area contributed by atoms with Crippen LogP contribution in [-0.4, -0.2) is 37.5 Å². The van der Waals surface area contributed by atoms with E-state index in [1.54, 1.807) is 14.1 Å². The molecule has 0 heterocycles. The lowest BCUT2D eigenvalue weighted by Gasteiger charge is -2.32. The van der Waals surface area contributed by atoms with Gasteiger partial charge in [-0.2, -0.15) is 0 Å². The van der Waals surface area contributed by atoms with Crippen LogP contribution in [-0.2, 0) is 9.59 Å². The van der Waals surface area contributed by atoms with Crippen LogP contribution in [0.4, 0.5) is 0 Å². The number of hydrogen-bond acceptors (Lipinski definition) is 4. The van der Waals surface area contributed by atoms with Crippen molar-refractivity contribution in [2.45, 2.75) is 50.1 Å². The fraction of sp³-hybridized carbons (Fsp3) is 0.846. The number of rotatable bonds is 8. The molecule has 0 aromatic carbocycles. The van der Waals surface area contributed by atoms with Crippen molar-refractivity contribution >= 4 is 11.8 Å². The smallest absolute Gasteiger partial charge is 0.238 e. The molecule has 6 N–H and O–H groups in total. The lowest BCUT2D eigenvalue weighted by atomic mass is 9.82. The number of carbonyl (C=O) groups excluding carboxylic acids is 2. The van der Waals surface area contributed by atoms with E-state index in [1.165, 1.54) is 0 Å². The minimum Gasteiger partial charge on any atom is -0.368 e. The standard InChI is InChI=1S/C13H26N4O2/c1-16-10(11(14)18)7-3-5-9-6-4-8-13(9,17-2)12(15)19/h9-10,16-17H,3-8H2,1-2H3,(H2,14,18)(H2,15,19). The highest BCUT2D eigenvalue weighted by molar-refractivity contribution is 5.85. The Morgan fingerprint density at radius 2 is 2.05 bits per heavy atom. The summed E-state index contributed by atoms with van der Waals surface area (Å²) in [5, 5.41) is 6.02. The highest BCUT2D eigenvalue weighted by Gasteiger charge is 2.45. The highest BCUT2D eigenvalue weighted by Crippen LogP contribution is 2.38. The molecule has 0 aromatic rings. The molecule has 0 aromatic heterocycles. The van der Waals surface area contributed by atoms with Gasteiger partial charge in [0.25, 0.3) is 0 Å².